The number of aromatic nitrogens is 1. The zero-order valence-electron chi connectivity index (χ0n) is 17.0. The minimum absolute atomic E-state index is 0.0988. The number of fused-ring (bicyclic) bond motifs is 1. The molecule has 8 heteroatoms. The fourth-order valence-electron chi connectivity index (χ4n) is 3.84. The van der Waals surface area contributed by atoms with Gasteiger partial charge in [-0.1, -0.05) is 54.2 Å². The third-order valence-corrected chi connectivity index (χ3v) is 6.81. The summed E-state index contributed by atoms with van der Waals surface area (Å²) in [4.78, 5) is 3.85. The van der Waals surface area contributed by atoms with Gasteiger partial charge in [-0.25, -0.2) is 8.78 Å². The van der Waals surface area contributed by atoms with Gasteiger partial charge in [-0.15, -0.1) is 0 Å². The smallest absolute Gasteiger partial charge is 0.321 e. The normalized spacial score (nSPS) is 18.3. The van der Waals surface area contributed by atoms with Crippen LogP contribution in [0, 0.1) is 11.6 Å². The maximum Gasteiger partial charge on any atom is 0.321 e. The summed E-state index contributed by atoms with van der Waals surface area (Å²) in [5.41, 5.74) is 8.21. The number of anilines is 1. The summed E-state index contributed by atoms with van der Waals surface area (Å²) < 4.78 is 34.7. The van der Waals surface area contributed by atoms with Gasteiger partial charge >= 0.3 is 6.01 Å². The van der Waals surface area contributed by atoms with Crippen molar-refractivity contribution in [3.8, 4) is 0 Å². The first-order valence-corrected chi connectivity index (χ1v) is 11.1. The number of thioether (sulfide) groups is 1. The van der Waals surface area contributed by atoms with E-state index in [0.29, 0.717) is 35.5 Å². The average Bonchev–Trinajstić information content (AvgIpc) is 3.42. The number of oxazole rings is 1. The van der Waals surface area contributed by atoms with Crippen molar-refractivity contribution in [2.45, 2.75) is 17.7 Å². The van der Waals surface area contributed by atoms with E-state index in [4.69, 9.17) is 15.3 Å². The molecule has 4 aromatic rings. The number of benzene rings is 3. The van der Waals surface area contributed by atoms with E-state index in [-0.39, 0.29) is 11.6 Å². The average molecular weight is 451 g/mol. The lowest BCUT2D eigenvalue weighted by Crippen LogP contribution is -2.38. The molecule has 1 aromatic heterocycles. The van der Waals surface area contributed by atoms with Gasteiger partial charge in [0, 0.05) is 5.56 Å². The highest BCUT2D eigenvalue weighted by Gasteiger charge is 2.48. The van der Waals surface area contributed by atoms with E-state index < -0.39 is 16.5 Å². The second-order valence-corrected chi connectivity index (χ2v) is 8.72. The standard InChI is InChI=1S/C24H20F2N4OS/c25-17-11-12-19(26)18(15-17)22-29-30(23-28-20-9-4-5-10-21(20)31-23)24(32-22,13-6-14-27)16-7-2-1-3-8-16/h1-5,7-12,15H,6,13-14,27H2. The molecule has 3 aromatic carbocycles. The number of hydrazone groups is 1. The van der Waals surface area contributed by atoms with Crippen LogP contribution < -0.4 is 10.7 Å². The van der Waals surface area contributed by atoms with Crippen molar-refractivity contribution in [2.75, 3.05) is 11.6 Å². The molecule has 0 radical (unpaired) electrons. The van der Waals surface area contributed by atoms with Crippen molar-refractivity contribution in [3.63, 3.8) is 0 Å². The molecule has 0 aliphatic carbocycles. The van der Waals surface area contributed by atoms with Crippen LogP contribution in [0.1, 0.15) is 24.0 Å². The Kier molecular flexibility index (Phi) is 5.40. The number of nitrogens with two attached hydrogens (primary N) is 1. The highest BCUT2D eigenvalue weighted by Crippen LogP contribution is 2.52. The highest BCUT2D eigenvalue weighted by atomic mass is 32.2. The lowest BCUT2D eigenvalue weighted by atomic mass is 10.0. The first-order chi connectivity index (χ1) is 15.6. The Morgan fingerprint density at radius 3 is 2.56 bits per heavy atom. The molecule has 32 heavy (non-hydrogen) atoms. The molecule has 2 heterocycles. The van der Waals surface area contributed by atoms with Crippen molar-refractivity contribution < 1.29 is 13.2 Å². The molecule has 0 amide bonds. The molecule has 1 unspecified atom stereocenters. The van der Waals surface area contributed by atoms with Crippen LogP contribution in [0.4, 0.5) is 14.8 Å². The molecule has 0 saturated carbocycles. The molecule has 2 N–H and O–H groups in total. The molecule has 5 rings (SSSR count). The van der Waals surface area contributed by atoms with Crippen molar-refractivity contribution in [2.24, 2.45) is 10.8 Å². The van der Waals surface area contributed by atoms with Gasteiger partial charge in [0.25, 0.3) is 0 Å². The molecule has 1 aliphatic heterocycles. The fourth-order valence-corrected chi connectivity index (χ4v) is 5.25. The zero-order valence-corrected chi connectivity index (χ0v) is 17.9. The van der Waals surface area contributed by atoms with Gasteiger partial charge in [-0.2, -0.15) is 15.1 Å². The number of rotatable bonds is 6. The van der Waals surface area contributed by atoms with Gasteiger partial charge in [-0.05, 0) is 55.3 Å². The van der Waals surface area contributed by atoms with Crippen molar-refractivity contribution in [1.82, 2.24) is 4.98 Å². The SMILES string of the molecule is NCCCC1(c2ccccc2)SC(c2cc(F)ccc2F)=NN1c1nc2ccccc2o1. The Labute approximate surface area is 187 Å². The molecule has 0 spiro atoms. The molecular weight excluding hydrogens is 430 g/mol. The summed E-state index contributed by atoms with van der Waals surface area (Å²) in [5, 5.41) is 6.75. The molecule has 5 nitrogen and oxygen atoms in total. The third-order valence-electron chi connectivity index (χ3n) is 5.37. The Balaban J connectivity index is 1.71. The Hall–Kier alpha value is -3.23. The Bertz CT molecular complexity index is 1260. The van der Waals surface area contributed by atoms with Crippen LogP contribution in [-0.2, 0) is 4.87 Å². The predicted octanol–water partition coefficient (Wildman–Crippen LogP) is 5.61. The molecule has 0 saturated heterocycles. The Morgan fingerprint density at radius 1 is 1.00 bits per heavy atom. The van der Waals surface area contributed by atoms with Gasteiger partial charge in [0.15, 0.2) is 5.58 Å². The number of hydrogen-bond acceptors (Lipinski definition) is 6. The summed E-state index contributed by atoms with van der Waals surface area (Å²) in [6.07, 6.45) is 1.29. The summed E-state index contributed by atoms with van der Waals surface area (Å²) in [6, 6.07) is 20.8. The lowest BCUT2D eigenvalue weighted by Gasteiger charge is -2.34. The molecule has 0 bridgehead atoms. The first kappa shape index (κ1) is 20.7. The van der Waals surface area contributed by atoms with Crippen molar-refractivity contribution in [3.05, 3.63) is 95.6 Å². The van der Waals surface area contributed by atoms with Crippen LogP contribution in [-0.4, -0.2) is 16.6 Å². The van der Waals surface area contributed by atoms with Gasteiger partial charge in [0.1, 0.15) is 27.1 Å². The van der Waals surface area contributed by atoms with Crippen LogP contribution in [0.25, 0.3) is 11.1 Å². The van der Waals surface area contributed by atoms with E-state index in [1.54, 1.807) is 5.01 Å². The van der Waals surface area contributed by atoms with Crippen molar-refractivity contribution in [1.29, 1.82) is 0 Å². The van der Waals surface area contributed by atoms with Crippen LogP contribution in [0.3, 0.4) is 0 Å². The Morgan fingerprint density at radius 2 is 1.78 bits per heavy atom. The number of nitrogens with zero attached hydrogens (tertiary/aromatic N) is 3. The first-order valence-electron chi connectivity index (χ1n) is 10.3. The number of hydrogen-bond donors (Lipinski definition) is 1. The van der Waals surface area contributed by atoms with Gasteiger partial charge in [0.2, 0.25) is 0 Å². The molecule has 1 atom stereocenters. The summed E-state index contributed by atoms with van der Waals surface area (Å²) >= 11 is 1.35. The molecule has 162 valence electrons. The summed E-state index contributed by atoms with van der Waals surface area (Å²) in [5.74, 6) is -1.07. The predicted molar refractivity (Wildman–Crippen MR) is 123 cm³/mol. The van der Waals surface area contributed by atoms with E-state index in [9.17, 15) is 8.78 Å². The van der Waals surface area contributed by atoms with E-state index in [1.807, 2.05) is 54.6 Å². The minimum Gasteiger partial charge on any atom is -0.422 e. The van der Waals surface area contributed by atoms with Gasteiger partial charge in [0.05, 0.1) is 0 Å². The largest absolute Gasteiger partial charge is 0.422 e. The van der Waals surface area contributed by atoms with E-state index in [1.165, 1.54) is 11.8 Å². The maximum absolute atomic E-state index is 14.7. The number of halogens is 2. The van der Waals surface area contributed by atoms with Crippen LogP contribution in [0.15, 0.2) is 82.3 Å². The monoisotopic (exact) mass is 450 g/mol. The van der Waals surface area contributed by atoms with Gasteiger partial charge in [-0.3, -0.25) is 0 Å². The second-order valence-electron chi connectivity index (χ2n) is 7.45. The van der Waals surface area contributed by atoms with Crippen LogP contribution in [0.2, 0.25) is 0 Å². The van der Waals surface area contributed by atoms with E-state index in [0.717, 1.165) is 23.8 Å². The third kappa shape index (κ3) is 3.55. The quantitative estimate of drug-likeness (QED) is 0.413. The van der Waals surface area contributed by atoms with Crippen LogP contribution >= 0.6 is 11.8 Å². The summed E-state index contributed by atoms with van der Waals surface area (Å²) in [7, 11) is 0. The second kappa shape index (κ2) is 8.37. The topological polar surface area (TPSA) is 67.7 Å². The van der Waals surface area contributed by atoms with Crippen molar-refractivity contribution >= 4 is 33.9 Å². The zero-order chi connectivity index (χ0) is 22.1. The summed E-state index contributed by atoms with van der Waals surface area (Å²) in [6.45, 7) is 0.472. The fraction of sp³-hybridized carbons (Fsp3) is 0.167. The minimum atomic E-state index is -0.782. The molecular formula is C24H20F2N4OS. The molecule has 0 fully saturated rings. The molecule has 1 aliphatic rings. The van der Waals surface area contributed by atoms with Gasteiger partial charge < -0.3 is 10.2 Å². The van der Waals surface area contributed by atoms with Crippen LogP contribution in [0.5, 0.6) is 0 Å². The number of para-hydroxylation sites is 2. The lowest BCUT2D eigenvalue weighted by molar-refractivity contribution is 0.473. The highest BCUT2D eigenvalue weighted by molar-refractivity contribution is 8.15. The maximum atomic E-state index is 14.7. The van der Waals surface area contributed by atoms with E-state index in [2.05, 4.69) is 4.98 Å². The van der Waals surface area contributed by atoms with E-state index >= 15 is 0 Å².